The van der Waals surface area contributed by atoms with E-state index < -0.39 is 5.97 Å². The van der Waals surface area contributed by atoms with Gasteiger partial charge in [0, 0.05) is 0 Å². The zero-order chi connectivity index (χ0) is 11.5. The largest absolute Gasteiger partial charge is 0.478 e. The number of aryl methyl sites for hydroxylation is 1. The molecule has 6 nitrogen and oxygen atoms in total. The Labute approximate surface area is 91.5 Å². The van der Waals surface area contributed by atoms with E-state index in [1.807, 2.05) is 6.07 Å². The Balaban J connectivity index is 2.21. The van der Waals surface area contributed by atoms with Crippen LogP contribution in [0.5, 0.6) is 0 Å². The number of carbonyl (C=O) groups is 1. The van der Waals surface area contributed by atoms with Gasteiger partial charge in [0.25, 0.3) is 0 Å². The summed E-state index contributed by atoms with van der Waals surface area (Å²) in [4.78, 5) is 12.2. The van der Waals surface area contributed by atoms with Crippen molar-refractivity contribution < 1.29 is 9.90 Å². The number of tetrazole rings is 1. The van der Waals surface area contributed by atoms with E-state index in [0.29, 0.717) is 12.4 Å². The third-order valence-corrected chi connectivity index (χ3v) is 2.05. The third-order valence-electron chi connectivity index (χ3n) is 2.05. The molecule has 0 fully saturated rings. The van der Waals surface area contributed by atoms with E-state index in [1.54, 1.807) is 25.1 Å². The number of aromatic carboxylic acids is 1. The Morgan fingerprint density at radius 2 is 2.31 bits per heavy atom. The second kappa shape index (κ2) is 4.09. The van der Waals surface area contributed by atoms with Crippen molar-refractivity contribution in [2.75, 3.05) is 0 Å². The first-order chi connectivity index (χ1) is 7.65. The summed E-state index contributed by atoms with van der Waals surface area (Å²) in [6, 6.07) is 6.67. The Bertz CT molecular complexity index is 521. The topological polar surface area (TPSA) is 80.9 Å². The summed E-state index contributed by atoms with van der Waals surface area (Å²) in [5, 5.41) is 20.4. The van der Waals surface area contributed by atoms with Crippen molar-refractivity contribution in [3.05, 3.63) is 41.2 Å². The summed E-state index contributed by atoms with van der Waals surface area (Å²) in [5.41, 5.74) is 1.09. The van der Waals surface area contributed by atoms with Crippen molar-refractivity contribution in [3.8, 4) is 0 Å². The molecule has 0 aliphatic carbocycles. The Morgan fingerprint density at radius 1 is 1.50 bits per heavy atom. The summed E-state index contributed by atoms with van der Waals surface area (Å²) >= 11 is 0. The maximum absolute atomic E-state index is 10.8. The van der Waals surface area contributed by atoms with Gasteiger partial charge in [-0.05, 0) is 29.8 Å². The van der Waals surface area contributed by atoms with Crippen molar-refractivity contribution in [2.45, 2.75) is 13.5 Å². The number of carboxylic acid groups (broad SMARTS) is 1. The summed E-state index contributed by atoms with van der Waals surface area (Å²) in [5.74, 6) is -0.348. The molecule has 0 amide bonds. The van der Waals surface area contributed by atoms with Crippen LogP contribution in [-0.4, -0.2) is 31.3 Å². The molecule has 1 aromatic heterocycles. The van der Waals surface area contributed by atoms with Crippen LogP contribution in [0, 0.1) is 6.92 Å². The molecule has 2 rings (SSSR count). The van der Waals surface area contributed by atoms with Crippen molar-refractivity contribution in [1.82, 2.24) is 20.2 Å². The van der Waals surface area contributed by atoms with E-state index in [-0.39, 0.29) is 5.56 Å². The second-order valence-electron chi connectivity index (χ2n) is 3.37. The molecule has 0 bridgehead atoms. The predicted molar refractivity (Wildman–Crippen MR) is 55.1 cm³/mol. The lowest BCUT2D eigenvalue weighted by molar-refractivity contribution is 0.0696. The highest BCUT2D eigenvalue weighted by atomic mass is 16.4. The summed E-state index contributed by atoms with van der Waals surface area (Å²) in [6.45, 7) is 2.17. The van der Waals surface area contributed by atoms with Crippen molar-refractivity contribution >= 4 is 5.97 Å². The fraction of sp³-hybridized carbons (Fsp3) is 0.200. The number of nitrogens with zero attached hydrogens (tertiary/aromatic N) is 4. The van der Waals surface area contributed by atoms with Crippen LogP contribution in [0.1, 0.15) is 21.7 Å². The van der Waals surface area contributed by atoms with E-state index >= 15 is 0 Å². The van der Waals surface area contributed by atoms with Crippen LogP contribution in [0.3, 0.4) is 0 Å². The molecule has 1 N–H and O–H groups in total. The smallest absolute Gasteiger partial charge is 0.335 e. The zero-order valence-corrected chi connectivity index (χ0v) is 8.66. The lowest BCUT2D eigenvalue weighted by Gasteiger charge is -2.00. The molecule has 82 valence electrons. The molecule has 2 aromatic rings. The highest BCUT2D eigenvalue weighted by Gasteiger charge is 2.04. The first-order valence-electron chi connectivity index (χ1n) is 4.72. The molecule has 0 radical (unpaired) electrons. The fourth-order valence-electron chi connectivity index (χ4n) is 1.36. The molecule has 6 heteroatoms. The fourth-order valence-corrected chi connectivity index (χ4v) is 1.36. The van der Waals surface area contributed by atoms with Gasteiger partial charge in [0.1, 0.15) is 0 Å². The Kier molecular flexibility index (Phi) is 2.63. The number of rotatable bonds is 3. The Hall–Kier alpha value is -2.24. The van der Waals surface area contributed by atoms with Gasteiger partial charge in [0.2, 0.25) is 0 Å². The molecule has 1 heterocycles. The van der Waals surface area contributed by atoms with Gasteiger partial charge in [-0.15, -0.1) is 10.2 Å². The first kappa shape index (κ1) is 10.3. The standard InChI is InChI=1S/C10H10N4O2/c1-7-11-13-14(12-7)6-8-3-2-4-9(5-8)10(15)16/h2-5H,6H2,1H3,(H,15,16). The minimum Gasteiger partial charge on any atom is -0.478 e. The molecule has 1 aromatic carbocycles. The van der Waals surface area contributed by atoms with Crippen molar-refractivity contribution in [1.29, 1.82) is 0 Å². The first-order valence-corrected chi connectivity index (χ1v) is 4.72. The average Bonchev–Trinajstić information content (AvgIpc) is 2.64. The maximum atomic E-state index is 10.8. The number of carboxylic acids is 1. The highest BCUT2D eigenvalue weighted by Crippen LogP contribution is 2.06. The SMILES string of the molecule is Cc1nnn(Cc2cccc(C(=O)O)c2)n1. The average molecular weight is 218 g/mol. The highest BCUT2D eigenvalue weighted by molar-refractivity contribution is 5.87. The summed E-state index contributed by atoms with van der Waals surface area (Å²) in [6.07, 6.45) is 0. The molecule has 0 aliphatic heterocycles. The van der Waals surface area contributed by atoms with Gasteiger partial charge in [-0.1, -0.05) is 12.1 Å². The molecular weight excluding hydrogens is 208 g/mol. The molecule has 0 spiro atoms. The predicted octanol–water partition coefficient (Wildman–Crippen LogP) is 0.728. The number of hydrogen-bond acceptors (Lipinski definition) is 4. The van der Waals surface area contributed by atoms with Gasteiger partial charge in [-0.3, -0.25) is 0 Å². The number of benzene rings is 1. The van der Waals surface area contributed by atoms with Crippen LogP contribution in [0.2, 0.25) is 0 Å². The van der Waals surface area contributed by atoms with Crippen molar-refractivity contribution in [2.24, 2.45) is 0 Å². The van der Waals surface area contributed by atoms with Gasteiger partial charge in [0.05, 0.1) is 12.1 Å². The molecule has 16 heavy (non-hydrogen) atoms. The van der Waals surface area contributed by atoms with E-state index in [1.165, 1.54) is 4.80 Å². The normalized spacial score (nSPS) is 10.3. The van der Waals surface area contributed by atoms with Crippen LogP contribution in [0.4, 0.5) is 0 Å². The molecular formula is C10H10N4O2. The van der Waals surface area contributed by atoms with Gasteiger partial charge >= 0.3 is 5.97 Å². The quantitative estimate of drug-likeness (QED) is 0.821. The van der Waals surface area contributed by atoms with E-state index in [0.717, 1.165) is 5.56 Å². The minimum absolute atomic E-state index is 0.259. The van der Waals surface area contributed by atoms with Gasteiger partial charge in [0.15, 0.2) is 5.82 Å². The van der Waals surface area contributed by atoms with E-state index in [2.05, 4.69) is 15.4 Å². The molecule has 0 saturated heterocycles. The zero-order valence-electron chi connectivity index (χ0n) is 8.66. The van der Waals surface area contributed by atoms with Crippen molar-refractivity contribution in [3.63, 3.8) is 0 Å². The van der Waals surface area contributed by atoms with Gasteiger partial charge in [-0.25, -0.2) is 4.79 Å². The third kappa shape index (κ3) is 2.22. The lowest BCUT2D eigenvalue weighted by Crippen LogP contribution is -2.05. The van der Waals surface area contributed by atoms with Crippen LogP contribution < -0.4 is 0 Å². The summed E-state index contributed by atoms with van der Waals surface area (Å²) in [7, 11) is 0. The van der Waals surface area contributed by atoms with Crippen LogP contribution in [0.25, 0.3) is 0 Å². The second-order valence-corrected chi connectivity index (χ2v) is 3.37. The van der Waals surface area contributed by atoms with Crippen LogP contribution >= 0.6 is 0 Å². The van der Waals surface area contributed by atoms with Crippen LogP contribution in [0.15, 0.2) is 24.3 Å². The molecule has 0 atom stereocenters. The van der Waals surface area contributed by atoms with Gasteiger partial charge in [-0.2, -0.15) is 4.80 Å². The van der Waals surface area contributed by atoms with Gasteiger partial charge < -0.3 is 5.11 Å². The number of aromatic nitrogens is 4. The van der Waals surface area contributed by atoms with E-state index in [9.17, 15) is 4.79 Å². The maximum Gasteiger partial charge on any atom is 0.335 e. The van der Waals surface area contributed by atoms with Crippen LogP contribution in [-0.2, 0) is 6.54 Å². The molecule has 0 unspecified atom stereocenters. The van der Waals surface area contributed by atoms with E-state index in [4.69, 9.17) is 5.11 Å². The lowest BCUT2D eigenvalue weighted by atomic mass is 10.1. The Morgan fingerprint density at radius 3 is 2.94 bits per heavy atom. The molecule has 0 aliphatic rings. The molecule has 0 saturated carbocycles. The monoisotopic (exact) mass is 218 g/mol. The number of hydrogen-bond donors (Lipinski definition) is 1. The summed E-state index contributed by atoms with van der Waals surface area (Å²) < 4.78 is 0. The minimum atomic E-state index is -0.940.